The van der Waals surface area contributed by atoms with Crippen molar-refractivity contribution in [2.24, 2.45) is 0 Å². The minimum atomic E-state index is -0.636. The number of anilines is 1. The van der Waals surface area contributed by atoms with Crippen LogP contribution in [-0.2, 0) is 13.1 Å². The Morgan fingerprint density at radius 2 is 1.73 bits per heavy atom. The van der Waals surface area contributed by atoms with Gasteiger partial charge >= 0.3 is 0 Å². The maximum absolute atomic E-state index is 13.8. The Kier molecular flexibility index (Phi) is 9.95. The third-order valence-corrected chi connectivity index (χ3v) is 7.69. The molecule has 1 aliphatic carbocycles. The highest BCUT2D eigenvalue weighted by molar-refractivity contribution is 7.80. The Labute approximate surface area is 229 Å². The van der Waals surface area contributed by atoms with Crippen LogP contribution in [-0.4, -0.2) is 45.7 Å². The summed E-state index contributed by atoms with van der Waals surface area (Å²) in [5, 5.41) is 4.22. The largest absolute Gasteiger partial charge is 0.345 e. The molecule has 1 N–H and O–H groups in total. The van der Waals surface area contributed by atoms with Crippen LogP contribution in [0.15, 0.2) is 60.8 Å². The minimum absolute atomic E-state index is 0.309. The number of rotatable bonds is 10. The number of aromatic nitrogens is 1. The highest BCUT2D eigenvalue weighted by Crippen LogP contribution is 2.22. The van der Waals surface area contributed by atoms with Gasteiger partial charge in [-0.2, -0.15) is 0 Å². The molecule has 0 radical (unpaired) electrons. The van der Waals surface area contributed by atoms with Crippen LogP contribution in [0.1, 0.15) is 49.8 Å². The van der Waals surface area contributed by atoms with Crippen molar-refractivity contribution in [1.82, 2.24) is 14.4 Å². The fourth-order valence-electron chi connectivity index (χ4n) is 5.03. The Balaban J connectivity index is 1.45. The van der Waals surface area contributed by atoms with Crippen LogP contribution in [0.3, 0.4) is 0 Å². The number of halogens is 3. The molecule has 0 amide bonds. The summed E-state index contributed by atoms with van der Waals surface area (Å²) in [5.41, 5.74) is 2.56. The predicted octanol–water partition coefficient (Wildman–Crippen LogP) is 7.32. The lowest BCUT2D eigenvalue weighted by atomic mass is 9.94. The Morgan fingerprint density at radius 3 is 2.43 bits per heavy atom. The van der Waals surface area contributed by atoms with E-state index in [1.165, 1.54) is 44.2 Å². The van der Waals surface area contributed by atoms with Gasteiger partial charge in [-0.3, -0.25) is 0 Å². The van der Waals surface area contributed by atoms with Crippen LogP contribution in [0.2, 0.25) is 5.02 Å². The molecule has 0 saturated heterocycles. The van der Waals surface area contributed by atoms with Crippen molar-refractivity contribution >= 4 is 34.6 Å². The Hall–Kier alpha value is -2.48. The van der Waals surface area contributed by atoms with E-state index < -0.39 is 11.6 Å². The summed E-state index contributed by atoms with van der Waals surface area (Å²) < 4.78 is 29.8. The molecule has 4 nitrogen and oxygen atoms in total. The van der Waals surface area contributed by atoms with Crippen LogP contribution in [0, 0.1) is 11.6 Å². The average Bonchev–Trinajstić information content (AvgIpc) is 3.31. The number of thiocarbonyl (C=S) groups is 1. The third kappa shape index (κ3) is 8.25. The van der Waals surface area contributed by atoms with Gasteiger partial charge in [0.2, 0.25) is 0 Å². The molecule has 198 valence electrons. The van der Waals surface area contributed by atoms with E-state index in [4.69, 9.17) is 23.8 Å². The molecular weight excluding hydrogens is 510 g/mol. The van der Waals surface area contributed by atoms with Crippen LogP contribution in [0.4, 0.5) is 14.5 Å². The van der Waals surface area contributed by atoms with E-state index in [2.05, 4.69) is 39.0 Å². The summed E-state index contributed by atoms with van der Waals surface area (Å²) in [4.78, 5) is 4.56. The van der Waals surface area contributed by atoms with Crippen molar-refractivity contribution in [2.75, 3.05) is 25.5 Å². The van der Waals surface area contributed by atoms with Gasteiger partial charge in [0.25, 0.3) is 0 Å². The quantitative estimate of drug-likeness (QED) is 0.270. The molecule has 0 atom stereocenters. The molecule has 4 rings (SSSR count). The van der Waals surface area contributed by atoms with Gasteiger partial charge in [-0.15, -0.1) is 0 Å². The fourth-order valence-corrected chi connectivity index (χ4v) is 5.43. The van der Waals surface area contributed by atoms with E-state index in [9.17, 15) is 8.78 Å². The number of hydrogen-bond donors (Lipinski definition) is 1. The van der Waals surface area contributed by atoms with E-state index in [1.54, 1.807) is 0 Å². The number of benzene rings is 2. The third-order valence-electron chi connectivity index (χ3n) is 7.08. The first kappa shape index (κ1) is 27.6. The lowest BCUT2D eigenvalue weighted by Crippen LogP contribution is -2.39. The zero-order chi connectivity index (χ0) is 26.2. The number of nitrogens with one attached hydrogen (secondary N) is 1. The van der Waals surface area contributed by atoms with Crippen LogP contribution >= 0.6 is 23.8 Å². The van der Waals surface area contributed by atoms with Crippen LogP contribution in [0.25, 0.3) is 0 Å². The second kappa shape index (κ2) is 13.4. The highest BCUT2D eigenvalue weighted by atomic mass is 35.5. The summed E-state index contributed by atoms with van der Waals surface area (Å²) in [5.74, 6) is -1.27. The molecule has 8 heteroatoms. The van der Waals surface area contributed by atoms with E-state index in [1.807, 2.05) is 30.3 Å². The Morgan fingerprint density at radius 1 is 1.03 bits per heavy atom. The normalized spacial score (nSPS) is 14.2. The minimum Gasteiger partial charge on any atom is -0.345 e. The van der Waals surface area contributed by atoms with Gasteiger partial charge in [-0.1, -0.05) is 43.0 Å². The standard InChI is InChI=1S/C29H35ClF2N4S/c1-34(27-7-3-2-4-8-27)14-6-16-36(29(37)33-26-18-24(31)17-25(32)19-26)21-28-9-5-15-35(28)20-22-10-12-23(30)13-11-22/h5,9-13,15,17-19,27H,2-4,6-8,14,16,20-21H2,1H3,(H,33,37). The highest BCUT2D eigenvalue weighted by Gasteiger charge is 2.19. The van der Waals surface area contributed by atoms with Crippen molar-refractivity contribution in [1.29, 1.82) is 0 Å². The van der Waals surface area contributed by atoms with Crippen molar-refractivity contribution in [3.05, 3.63) is 88.7 Å². The van der Waals surface area contributed by atoms with Gasteiger partial charge in [0.05, 0.1) is 6.54 Å². The first-order valence-electron chi connectivity index (χ1n) is 13.0. The van der Waals surface area contributed by atoms with Crippen molar-refractivity contribution in [3.8, 4) is 0 Å². The van der Waals surface area contributed by atoms with Gasteiger partial charge in [0, 0.05) is 47.8 Å². The number of hydrogen-bond acceptors (Lipinski definition) is 2. The summed E-state index contributed by atoms with van der Waals surface area (Å²) in [6.07, 6.45) is 9.48. The molecule has 1 aliphatic rings. The summed E-state index contributed by atoms with van der Waals surface area (Å²) in [6, 6.07) is 16.0. The van der Waals surface area contributed by atoms with Crippen molar-refractivity contribution in [3.63, 3.8) is 0 Å². The van der Waals surface area contributed by atoms with Gasteiger partial charge in [0.1, 0.15) is 11.6 Å². The molecule has 3 aromatic rings. The average molecular weight is 545 g/mol. The van der Waals surface area contributed by atoms with Gasteiger partial charge in [-0.25, -0.2) is 8.78 Å². The summed E-state index contributed by atoms with van der Waals surface area (Å²) in [7, 11) is 2.21. The van der Waals surface area contributed by atoms with Gasteiger partial charge in [0.15, 0.2) is 5.11 Å². The van der Waals surface area contributed by atoms with Gasteiger partial charge < -0.3 is 19.7 Å². The maximum atomic E-state index is 13.8. The molecule has 1 heterocycles. The molecule has 0 aliphatic heterocycles. The monoisotopic (exact) mass is 544 g/mol. The molecule has 1 saturated carbocycles. The molecule has 0 unspecified atom stereocenters. The first-order chi connectivity index (χ1) is 17.9. The second-order valence-corrected chi connectivity index (χ2v) is 10.7. The molecule has 37 heavy (non-hydrogen) atoms. The summed E-state index contributed by atoms with van der Waals surface area (Å²) >= 11 is 11.8. The Bertz CT molecular complexity index is 1140. The van der Waals surface area contributed by atoms with E-state index in [0.717, 1.165) is 36.8 Å². The fraction of sp³-hybridized carbons (Fsp3) is 0.414. The second-order valence-electron chi connectivity index (χ2n) is 9.89. The molecule has 1 fully saturated rings. The van der Waals surface area contributed by atoms with E-state index in [0.29, 0.717) is 35.0 Å². The van der Waals surface area contributed by atoms with Gasteiger partial charge in [-0.05, 0) is 87.0 Å². The lowest BCUT2D eigenvalue weighted by Gasteiger charge is -2.32. The summed E-state index contributed by atoms with van der Waals surface area (Å²) in [6.45, 7) is 3.00. The van der Waals surface area contributed by atoms with Crippen molar-refractivity contribution < 1.29 is 8.78 Å². The molecule has 2 aromatic carbocycles. The lowest BCUT2D eigenvalue weighted by molar-refractivity contribution is 0.185. The van der Waals surface area contributed by atoms with Crippen molar-refractivity contribution in [2.45, 2.75) is 57.7 Å². The van der Waals surface area contributed by atoms with E-state index in [-0.39, 0.29) is 0 Å². The molecular formula is C29H35ClF2N4S. The molecule has 1 aromatic heterocycles. The zero-order valence-corrected chi connectivity index (χ0v) is 22.9. The number of nitrogens with zero attached hydrogens (tertiary/aromatic N) is 3. The topological polar surface area (TPSA) is 23.4 Å². The zero-order valence-electron chi connectivity index (χ0n) is 21.3. The maximum Gasteiger partial charge on any atom is 0.173 e. The molecule has 0 spiro atoms. The predicted molar refractivity (Wildman–Crippen MR) is 152 cm³/mol. The smallest absolute Gasteiger partial charge is 0.173 e. The molecule has 0 bridgehead atoms. The van der Waals surface area contributed by atoms with Crippen LogP contribution in [0.5, 0.6) is 0 Å². The SMILES string of the molecule is CN(CCCN(Cc1cccn1Cc1ccc(Cl)cc1)C(=S)Nc1cc(F)cc(F)c1)C1CCCCC1. The van der Waals surface area contributed by atoms with Crippen LogP contribution < -0.4 is 5.32 Å². The van der Waals surface area contributed by atoms with E-state index >= 15 is 0 Å². The first-order valence-corrected chi connectivity index (χ1v) is 13.8.